The first-order chi connectivity index (χ1) is 8.85. The lowest BCUT2D eigenvalue weighted by Gasteiger charge is -2.13. The Labute approximate surface area is 113 Å². The molecule has 0 bridgehead atoms. The number of hydrogen-bond donors (Lipinski definition) is 2. The fourth-order valence-electron chi connectivity index (χ4n) is 2.24. The summed E-state index contributed by atoms with van der Waals surface area (Å²) in [5.41, 5.74) is 2.91. The predicted octanol–water partition coefficient (Wildman–Crippen LogP) is 0.453. The van der Waals surface area contributed by atoms with Gasteiger partial charge < -0.3 is 10.6 Å². The molecule has 1 aliphatic rings. The van der Waals surface area contributed by atoms with Crippen molar-refractivity contribution in [1.29, 1.82) is 0 Å². The molecule has 2 rings (SSSR count). The Bertz CT molecular complexity index is 596. The second-order valence-corrected chi connectivity index (χ2v) is 7.24. The van der Waals surface area contributed by atoms with Gasteiger partial charge in [-0.05, 0) is 30.2 Å². The summed E-state index contributed by atoms with van der Waals surface area (Å²) >= 11 is 0. The lowest BCUT2D eigenvalue weighted by Crippen LogP contribution is -2.37. The fourth-order valence-corrected chi connectivity index (χ4v) is 3.23. The third kappa shape index (κ3) is 3.78. The molecular weight excluding hydrogens is 264 g/mol. The number of nitrogens with one attached hydrogen (secondary N) is 2. The third-order valence-electron chi connectivity index (χ3n) is 3.03. The Hall–Kier alpha value is -1.40. The Morgan fingerprint density at radius 3 is 2.74 bits per heavy atom. The molecule has 0 saturated carbocycles. The van der Waals surface area contributed by atoms with Gasteiger partial charge in [-0.2, -0.15) is 0 Å². The molecule has 1 aromatic carbocycles. The molecule has 1 heterocycles. The van der Waals surface area contributed by atoms with E-state index in [4.69, 9.17) is 0 Å². The summed E-state index contributed by atoms with van der Waals surface area (Å²) in [6.45, 7) is 3.30. The topological polar surface area (TPSA) is 75.3 Å². The lowest BCUT2D eigenvalue weighted by atomic mass is 10.1. The Balaban J connectivity index is 2.04. The molecule has 1 atom stereocenters. The molecule has 0 aliphatic carbocycles. The van der Waals surface area contributed by atoms with E-state index in [1.807, 2.05) is 12.1 Å². The summed E-state index contributed by atoms with van der Waals surface area (Å²) in [5.74, 6) is -0.281. The zero-order valence-corrected chi connectivity index (χ0v) is 11.9. The van der Waals surface area contributed by atoms with Crippen LogP contribution in [0.4, 0.5) is 0 Å². The van der Waals surface area contributed by atoms with Gasteiger partial charge in [0.25, 0.3) is 5.91 Å². The highest BCUT2D eigenvalue weighted by Crippen LogP contribution is 2.17. The van der Waals surface area contributed by atoms with Gasteiger partial charge in [0.1, 0.15) is 9.84 Å². The van der Waals surface area contributed by atoms with Crippen LogP contribution in [0.5, 0.6) is 0 Å². The summed E-state index contributed by atoms with van der Waals surface area (Å²) in [6.07, 6.45) is 1.16. The predicted molar refractivity (Wildman–Crippen MR) is 73.6 cm³/mol. The van der Waals surface area contributed by atoms with E-state index in [1.165, 1.54) is 5.56 Å². The zero-order valence-electron chi connectivity index (χ0n) is 11.1. The van der Waals surface area contributed by atoms with Crippen molar-refractivity contribution in [3.05, 3.63) is 34.9 Å². The van der Waals surface area contributed by atoms with Gasteiger partial charge in [0, 0.05) is 31.0 Å². The first-order valence-corrected chi connectivity index (χ1v) is 8.22. The smallest absolute Gasteiger partial charge is 0.251 e. The number of carbonyl (C=O) groups is 1. The quantitative estimate of drug-likeness (QED) is 0.841. The van der Waals surface area contributed by atoms with Gasteiger partial charge in [-0.25, -0.2) is 8.42 Å². The molecule has 0 saturated heterocycles. The molecule has 104 valence electrons. The molecule has 19 heavy (non-hydrogen) atoms. The molecule has 5 nitrogen and oxygen atoms in total. The normalized spacial score (nSPS) is 15.9. The number of rotatable bonds is 4. The SMILES string of the molecule is CC(CS(C)(=O)=O)NC(=O)c1ccc2c(c1)CNC2. The van der Waals surface area contributed by atoms with Gasteiger partial charge in [-0.3, -0.25) is 4.79 Å². The van der Waals surface area contributed by atoms with Crippen LogP contribution < -0.4 is 10.6 Å². The molecule has 2 N–H and O–H groups in total. The van der Waals surface area contributed by atoms with Crippen molar-refractivity contribution in [2.75, 3.05) is 12.0 Å². The van der Waals surface area contributed by atoms with Gasteiger partial charge in [0.05, 0.1) is 5.75 Å². The van der Waals surface area contributed by atoms with Gasteiger partial charge in [-0.1, -0.05) is 6.07 Å². The maximum Gasteiger partial charge on any atom is 0.251 e. The van der Waals surface area contributed by atoms with E-state index in [1.54, 1.807) is 13.0 Å². The van der Waals surface area contributed by atoms with Crippen LogP contribution in [0.1, 0.15) is 28.4 Å². The van der Waals surface area contributed by atoms with Crippen LogP contribution in [0.25, 0.3) is 0 Å². The van der Waals surface area contributed by atoms with Gasteiger partial charge in [0.15, 0.2) is 0 Å². The van der Waals surface area contributed by atoms with Crippen LogP contribution in [0.15, 0.2) is 18.2 Å². The second kappa shape index (κ2) is 5.30. The summed E-state index contributed by atoms with van der Waals surface area (Å²) in [4.78, 5) is 12.0. The van der Waals surface area contributed by atoms with E-state index >= 15 is 0 Å². The number of amides is 1. The maximum absolute atomic E-state index is 12.0. The minimum Gasteiger partial charge on any atom is -0.349 e. The summed E-state index contributed by atoms with van der Waals surface area (Å²) in [6, 6.07) is 5.17. The van der Waals surface area contributed by atoms with Crippen LogP contribution >= 0.6 is 0 Å². The molecule has 1 aromatic rings. The summed E-state index contributed by atoms with van der Waals surface area (Å²) < 4.78 is 22.3. The van der Waals surface area contributed by atoms with Crippen molar-refractivity contribution in [2.24, 2.45) is 0 Å². The molecule has 0 aromatic heterocycles. The van der Waals surface area contributed by atoms with Crippen LogP contribution in [-0.2, 0) is 22.9 Å². The highest BCUT2D eigenvalue weighted by molar-refractivity contribution is 7.90. The average Bonchev–Trinajstić information content (AvgIpc) is 2.72. The van der Waals surface area contributed by atoms with E-state index < -0.39 is 15.9 Å². The van der Waals surface area contributed by atoms with Crippen LogP contribution in [-0.4, -0.2) is 32.4 Å². The second-order valence-electron chi connectivity index (χ2n) is 5.05. The van der Waals surface area contributed by atoms with Crippen molar-refractivity contribution >= 4 is 15.7 Å². The van der Waals surface area contributed by atoms with Gasteiger partial charge >= 0.3 is 0 Å². The number of fused-ring (bicyclic) bond motifs is 1. The molecule has 1 unspecified atom stereocenters. The molecule has 1 aliphatic heterocycles. The van der Waals surface area contributed by atoms with Crippen LogP contribution in [0, 0.1) is 0 Å². The van der Waals surface area contributed by atoms with Gasteiger partial charge in [-0.15, -0.1) is 0 Å². The molecule has 6 heteroatoms. The number of sulfone groups is 1. The molecule has 0 radical (unpaired) electrons. The van der Waals surface area contributed by atoms with E-state index in [9.17, 15) is 13.2 Å². The van der Waals surface area contributed by atoms with E-state index in [2.05, 4.69) is 10.6 Å². The van der Waals surface area contributed by atoms with E-state index in [0.717, 1.165) is 24.9 Å². The van der Waals surface area contributed by atoms with E-state index in [0.29, 0.717) is 5.56 Å². The number of benzene rings is 1. The third-order valence-corrected chi connectivity index (χ3v) is 4.14. The molecule has 0 fully saturated rings. The zero-order chi connectivity index (χ0) is 14.0. The summed E-state index contributed by atoms with van der Waals surface area (Å²) in [7, 11) is -3.09. The molecule has 0 spiro atoms. The first-order valence-electron chi connectivity index (χ1n) is 6.16. The van der Waals surface area contributed by atoms with Crippen LogP contribution in [0.3, 0.4) is 0 Å². The van der Waals surface area contributed by atoms with Gasteiger partial charge in [0.2, 0.25) is 0 Å². The van der Waals surface area contributed by atoms with Crippen molar-refractivity contribution < 1.29 is 13.2 Å². The highest BCUT2D eigenvalue weighted by atomic mass is 32.2. The first kappa shape index (κ1) is 14.0. The fraction of sp³-hybridized carbons (Fsp3) is 0.462. The Kier molecular flexibility index (Phi) is 3.91. The minimum atomic E-state index is -3.09. The average molecular weight is 282 g/mol. The van der Waals surface area contributed by atoms with Crippen molar-refractivity contribution in [3.63, 3.8) is 0 Å². The number of hydrogen-bond acceptors (Lipinski definition) is 4. The molecular formula is C13H18N2O3S. The molecule has 1 amide bonds. The maximum atomic E-state index is 12.0. The monoisotopic (exact) mass is 282 g/mol. The standard InChI is InChI=1S/C13H18N2O3S/c1-9(8-19(2,17)18)15-13(16)10-3-4-11-6-14-7-12(11)5-10/h3-5,9,14H,6-8H2,1-2H3,(H,15,16). The minimum absolute atomic E-state index is 0.0504. The van der Waals surface area contributed by atoms with Crippen LogP contribution in [0.2, 0.25) is 0 Å². The largest absolute Gasteiger partial charge is 0.349 e. The van der Waals surface area contributed by atoms with E-state index in [-0.39, 0.29) is 11.7 Å². The Morgan fingerprint density at radius 1 is 1.37 bits per heavy atom. The van der Waals surface area contributed by atoms with Crippen molar-refractivity contribution in [1.82, 2.24) is 10.6 Å². The lowest BCUT2D eigenvalue weighted by molar-refractivity contribution is 0.0943. The van der Waals surface area contributed by atoms with Crippen molar-refractivity contribution in [3.8, 4) is 0 Å². The Morgan fingerprint density at radius 2 is 2.05 bits per heavy atom. The number of carbonyl (C=O) groups excluding carboxylic acids is 1. The van der Waals surface area contributed by atoms with Crippen molar-refractivity contribution in [2.45, 2.75) is 26.1 Å². The highest BCUT2D eigenvalue weighted by Gasteiger charge is 2.16. The summed E-state index contributed by atoms with van der Waals surface area (Å²) in [5, 5.41) is 5.92.